The number of piperidine rings is 1. The lowest BCUT2D eigenvalue weighted by molar-refractivity contribution is -0.387. The van der Waals surface area contributed by atoms with Crippen LogP contribution in [0.15, 0.2) is 11.1 Å². The van der Waals surface area contributed by atoms with E-state index in [1.807, 2.05) is 13.8 Å². The number of aromatic amines is 1. The van der Waals surface area contributed by atoms with E-state index in [1.165, 1.54) is 0 Å². The van der Waals surface area contributed by atoms with Crippen molar-refractivity contribution in [3.63, 3.8) is 0 Å². The summed E-state index contributed by atoms with van der Waals surface area (Å²) in [5, 5.41) is 10.9. The van der Waals surface area contributed by atoms with Crippen LogP contribution in [0.3, 0.4) is 0 Å². The molecule has 1 N–H and O–H groups in total. The molecule has 22 heavy (non-hydrogen) atoms. The summed E-state index contributed by atoms with van der Waals surface area (Å²) in [6.07, 6.45) is 3.90. The Kier molecular flexibility index (Phi) is 4.74. The molecule has 9 nitrogen and oxygen atoms in total. The van der Waals surface area contributed by atoms with Crippen molar-refractivity contribution in [3.05, 3.63) is 26.8 Å². The van der Waals surface area contributed by atoms with Crippen molar-refractivity contribution in [3.8, 4) is 5.88 Å². The standard InChI is InChI=1S/C13H18N4O5/c1-8-4-3-5-9(2)16(8)10(18)6-22-13-11(17(20)21)12(19)14-7-15-13/h7-9H,3-6H2,1-2H3,(H,14,15,19)/t8-,9-/m0/s1. The van der Waals surface area contributed by atoms with E-state index in [4.69, 9.17) is 4.74 Å². The van der Waals surface area contributed by atoms with Crippen molar-refractivity contribution >= 4 is 11.6 Å². The molecule has 0 aliphatic carbocycles. The second-order valence-corrected chi connectivity index (χ2v) is 5.36. The molecule has 0 bridgehead atoms. The van der Waals surface area contributed by atoms with Crippen LogP contribution in [0.4, 0.5) is 5.69 Å². The van der Waals surface area contributed by atoms with Gasteiger partial charge in [-0.25, -0.2) is 0 Å². The van der Waals surface area contributed by atoms with Gasteiger partial charge in [-0.2, -0.15) is 4.98 Å². The Morgan fingerprint density at radius 1 is 1.50 bits per heavy atom. The van der Waals surface area contributed by atoms with E-state index in [0.29, 0.717) is 0 Å². The number of rotatable bonds is 4. The Bertz CT molecular complexity index is 619. The molecular weight excluding hydrogens is 292 g/mol. The fourth-order valence-corrected chi connectivity index (χ4v) is 2.76. The van der Waals surface area contributed by atoms with Crippen molar-refractivity contribution in [2.75, 3.05) is 6.61 Å². The molecular formula is C13H18N4O5. The van der Waals surface area contributed by atoms with Gasteiger partial charge in [0.05, 0.1) is 11.3 Å². The summed E-state index contributed by atoms with van der Waals surface area (Å²) in [6, 6.07) is 0.198. The highest BCUT2D eigenvalue weighted by atomic mass is 16.6. The molecule has 1 aromatic heterocycles. The molecule has 1 saturated heterocycles. The number of carbonyl (C=O) groups is 1. The number of H-pyrrole nitrogens is 1. The maximum Gasteiger partial charge on any atom is 0.395 e. The van der Waals surface area contributed by atoms with E-state index in [2.05, 4.69) is 9.97 Å². The van der Waals surface area contributed by atoms with Crippen LogP contribution in [-0.4, -0.2) is 44.4 Å². The monoisotopic (exact) mass is 310 g/mol. The fraction of sp³-hybridized carbons (Fsp3) is 0.615. The molecule has 1 aliphatic rings. The average molecular weight is 310 g/mol. The molecule has 0 saturated carbocycles. The van der Waals surface area contributed by atoms with Crippen LogP contribution in [0.5, 0.6) is 5.88 Å². The normalized spacial score (nSPS) is 21.5. The molecule has 2 heterocycles. The Balaban J connectivity index is 2.10. The third-order valence-electron chi connectivity index (χ3n) is 3.79. The quantitative estimate of drug-likeness (QED) is 0.650. The van der Waals surface area contributed by atoms with Gasteiger partial charge < -0.3 is 14.6 Å². The minimum Gasteiger partial charge on any atom is -0.463 e. The maximum absolute atomic E-state index is 12.3. The minimum atomic E-state index is -0.915. The van der Waals surface area contributed by atoms with Crippen molar-refractivity contribution in [1.29, 1.82) is 0 Å². The molecule has 2 atom stereocenters. The predicted molar refractivity (Wildman–Crippen MR) is 76.6 cm³/mol. The highest BCUT2D eigenvalue weighted by Gasteiger charge is 2.30. The van der Waals surface area contributed by atoms with Gasteiger partial charge in [0.2, 0.25) is 0 Å². The van der Waals surface area contributed by atoms with E-state index in [9.17, 15) is 19.7 Å². The molecule has 1 aliphatic heterocycles. The third kappa shape index (κ3) is 3.23. The number of nitrogens with one attached hydrogen (secondary N) is 1. The van der Waals surface area contributed by atoms with Crippen molar-refractivity contribution in [2.45, 2.75) is 45.2 Å². The van der Waals surface area contributed by atoms with Gasteiger partial charge >= 0.3 is 17.1 Å². The summed E-state index contributed by atoms with van der Waals surface area (Å²) in [5.41, 5.74) is -1.71. The van der Waals surface area contributed by atoms with Crippen molar-refractivity contribution in [2.24, 2.45) is 0 Å². The molecule has 0 unspecified atom stereocenters. The lowest BCUT2D eigenvalue weighted by Crippen LogP contribution is -2.49. The predicted octanol–water partition coefficient (Wildman–Crippen LogP) is 0.846. The lowest BCUT2D eigenvalue weighted by atomic mass is 9.97. The molecule has 2 rings (SSSR count). The zero-order valence-electron chi connectivity index (χ0n) is 12.4. The average Bonchev–Trinajstić information content (AvgIpc) is 2.44. The van der Waals surface area contributed by atoms with E-state index >= 15 is 0 Å². The number of likely N-dealkylation sites (tertiary alicyclic amines) is 1. The molecule has 120 valence electrons. The van der Waals surface area contributed by atoms with Crippen LogP contribution in [0.1, 0.15) is 33.1 Å². The maximum atomic E-state index is 12.3. The lowest BCUT2D eigenvalue weighted by Gasteiger charge is -2.38. The van der Waals surface area contributed by atoms with Crippen LogP contribution in [-0.2, 0) is 4.79 Å². The number of carbonyl (C=O) groups excluding carboxylic acids is 1. The third-order valence-corrected chi connectivity index (χ3v) is 3.79. The van der Waals surface area contributed by atoms with E-state index in [1.54, 1.807) is 4.90 Å². The van der Waals surface area contributed by atoms with Crippen LogP contribution < -0.4 is 10.3 Å². The Morgan fingerprint density at radius 3 is 2.73 bits per heavy atom. The first-order valence-electron chi connectivity index (χ1n) is 7.08. The topological polar surface area (TPSA) is 118 Å². The SMILES string of the molecule is C[C@H]1CCC[C@H](C)N1C(=O)COc1nc[nH]c(=O)c1[N+](=O)[O-]. The van der Waals surface area contributed by atoms with E-state index < -0.39 is 22.0 Å². The van der Waals surface area contributed by atoms with Crippen molar-refractivity contribution < 1.29 is 14.5 Å². The van der Waals surface area contributed by atoms with Gasteiger partial charge in [0, 0.05) is 12.1 Å². The number of nitro groups is 1. The van der Waals surface area contributed by atoms with Gasteiger partial charge in [-0.1, -0.05) is 0 Å². The summed E-state index contributed by atoms with van der Waals surface area (Å²) in [6.45, 7) is 3.54. The highest BCUT2D eigenvalue weighted by Crippen LogP contribution is 2.23. The van der Waals surface area contributed by atoms with Crippen molar-refractivity contribution in [1.82, 2.24) is 14.9 Å². The summed E-state index contributed by atoms with van der Waals surface area (Å²) in [5.74, 6) is -0.713. The summed E-state index contributed by atoms with van der Waals surface area (Å²) < 4.78 is 5.13. The molecule has 0 spiro atoms. The molecule has 1 aromatic rings. The summed E-state index contributed by atoms with van der Waals surface area (Å²) >= 11 is 0. The Hall–Kier alpha value is -2.45. The molecule has 9 heteroatoms. The Morgan fingerprint density at radius 2 is 2.14 bits per heavy atom. The van der Waals surface area contributed by atoms with Crippen LogP contribution >= 0.6 is 0 Å². The summed E-state index contributed by atoms with van der Waals surface area (Å²) in [7, 11) is 0. The van der Waals surface area contributed by atoms with Crippen LogP contribution in [0.2, 0.25) is 0 Å². The van der Waals surface area contributed by atoms with Crippen LogP contribution in [0, 0.1) is 10.1 Å². The zero-order valence-corrected chi connectivity index (χ0v) is 12.4. The minimum absolute atomic E-state index is 0.0990. The van der Waals surface area contributed by atoms with E-state index in [0.717, 1.165) is 25.6 Å². The first-order valence-corrected chi connectivity index (χ1v) is 7.08. The van der Waals surface area contributed by atoms with Gasteiger partial charge in [-0.15, -0.1) is 0 Å². The van der Waals surface area contributed by atoms with Gasteiger partial charge in [0.1, 0.15) is 0 Å². The number of hydrogen-bond acceptors (Lipinski definition) is 6. The highest BCUT2D eigenvalue weighted by molar-refractivity contribution is 5.78. The first-order chi connectivity index (χ1) is 10.4. The number of aromatic nitrogens is 2. The largest absolute Gasteiger partial charge is 0.463 e. The van der Waals surface area contributed by atoms with Gasteiger partial charge in [-0.05, 0) is 33.1 Å². The molecule has 0 radical (unpaired) electrons. The number of hydrogen-bond donors (Lipinski definition) is 1. The number of nitrogens with zero attached hydrogens (tertiary/aromatic N) is 3. The first kappa shape index (κ1) is 15.9. The second kappa shape index (κ2) is 6.54. The van der Waals surface area contributed by atoms with Gasteiger partial charge in [-0.3, -0.25) is 19.7 Å². The molecule has 0 aromatic carbocycles. The fourth-order valence-electron chi connectivity index (χ4n) is 2.76. The summed E-state index contributed by atoms with van der Waals surface area (Å²) in [4.78, 5) is 41.1. The smallest absolute Gasteiger partial charge is 0.395 e. The van der Waals surface area contributed by atoms with Gasteiger partial charge in [0.15, 0.2) is 6.61 Å². The number of ether oxygens (including phenoxy) is 1. The molecule has 1 amide bonds. The van der Waals surface area contributed by atoms with Crippen LogP contribution in [0.25, 0.3) is 0 Å². The zero-order chi connectivity index (χ0) is 16.3. The number of amides is 1. The second-order valence-electron chi connectivity index (χ2n) is 5.36. The van der Waals surface area contributed by atoms with E-state index in [-0.39, 0.29) is 24.6 Å². The molecule has 1 fully saturated rings. The van der Waals surface area contributed by atoms with Gasteiger partial charge in [0.25, 0.3) is 5.91 Å². The Labute approximate surface area is 126 Å².